The summed E-state index contributed by atoms with van der Waals surface area (Å²) in [5.74, 6) is 1.17. The second-order valence-electron chi connectivity index (χ2n) is 8.30. The molecule has 190 valence electrons. The minimum atomic E-state index is 0.00937. The van der Waals surface area contributed by atoms with Gasteiger partial charge in [-0.3, -0.25) is 14.6 Å². The first-order chi connectivity index (χ1) is 17.4. The molecule has 1 N–H and O–H groups in total. The lowest BCUT2D eigenvalue weighted by Gasteiger charge is -2.41. The Balaban J connectivity index is 0.000000543. The Hall–Kier alpha value is -3.50. The zero-order valence-corrected chi connectivity index (χ0v) is 21.8. The van der Waals surface area contributed by atoms with Crippen molar-refractivity contribution in [2.24, 2.45) is 0 Å². The molecular weight excluding hydrogens is 503 g/mol. The highest BCUT2D eigenvalue weighted by molar-refractivity contribution is 6.33. The Kier molecular flexibility index (Phi) is 8.17. The smallest absolute Gasteiger partial charge is 0.244 e. The van der Waals surface area contributed by atoms with Crippen LogP contribution in [-0.2, 0) is 11.3 Å². The van der Waals surface area contributed by atoms with Gasteiger partial charge in [0.1, 0.15) is 17.3 Å². The van der Waals surface area contributed by atoms with E-state index in [0.29, 0.717) is 34.7 Å². The number of benzene rings is 1. The number of carbonyl (C=O) groups excluding carboxylic acids is 1. The van der Waals surface area contributed by atoms with Gasteiger partial charge in [-0.05, 0) is 38.1 Å². The van der Waals surface area contributed by atoms with Crippen molar-refractivity contribution in [2.45, 2.75) is 26.4 Å². The number of hydrogen-bond donors (Lipinski definition) is 1. The number of anilines is 1. The molecule has 4 heterocycles. The second-order valence-corrected chi connectivity index (χ2v) is 9.08. The largest absolute Gasteiger partial charge is 0.495 e. The van der Waals surface area contributed by atoms with Gasteiger partial charge in [-0.1, -0.05) is 23.2 Å². The molecule has 0 spiro atoms. The monoisotopic (exact) mass is 530 g/mol. The van der Waals surface area contributed by atoms with Crippen molar-refractivity contribution in [3.63, 3.8) is 0 Å². The summed E-state index contributed by atoms with van der Waals surface area (Å²) in [6, 6.07) is 9.41. The highest BCUT2D eigenvalue weighted by Gasteiger charge is 2.29. The number of halogens is 2. The number of H-pyrrole nitrogens is 1. The molecule has 1 atom stereocenters. The van der Waals surface area contributed by atoms with Gasteiger partial charge < -0.3 is 14.5 Å². The predicted molar refractivity (Wildman–Crippen MR) is 139 cm³/mol. The van der Waals surface area contributed by atoms with E-state index in [1.807, 2.05) is 36.1 Å². The van der Waals surface area contributed by atoms with E-state index in [9.17, 15) is 4.79 Å². The normalized spacial score (nSPS) is 15.4. The van der Waals surface area contributed by atoms with E-state index in [1.54, 1.807) is 47.3 Å². The van der Waals surface area contributed by atoms with Crippen LogP contribution in [0.2, 0.25) is 10.0 Å². The summed E-state index contributed by atoms with van der Waals surface area (Å²) in [5, 5.41) is 16.0. The molecule has 0 aliphatic carbocycles. The molecule has 1 saturated heterocycles. The fourth-order valence-electron chi connectivity index (χ4n) is 4.04. The molecule has 0 radical (unpaired) electrons. The van der Waals surface area contributed by atoms with Crippen LogP contribution >= 0.6 is 23.2 Å². The molecule has 0 bridgehead atoms. The lowest BCUT2D eigenvalue weighted by molar-refractivity contribution is -0.134. The number of amides is 1. The Morgan fingerprint density at radius 1 is 1.22 bits per heavy atom. The zero-order valence-electron chi connectivity index (χ0n) is 20.3. The van der Waals surface area contributed by atoms with E-state index in [0.717, 1.165) is 17.9 Å². The van der Waals surface area contributed by atoms with Crippen molar-refractivity contribution in [3.8, 4) is 11.6 Å². The van der Waals surface area contributed by atoms with E-state index in [-0.39, 0.29) is 18.5 Å². The summed E-state index contributed by atoms with van der Waals surface area (Å²) in [7, 11) is 1.60. The van der Waals surface area contributed by atoms with Crippen LogP contribution in [0.1, 0.15) is 12.6 Å². The van der Waals surface area contributed by atoms with Gasteiger partial charge in [0.25, 0.3) is 0 Å². The van der Waals surface area contributed by atoms with Crippen molar-refractivity contribution in [3.05, 3.63) is 70.9 Å². The number of hydrogen-bond acceptors (Lipinski definition) is 6. The van der Waals surface area contributed by atoms with Crippen molar-refractivity contribution >= 4 is 34.8 Å². The highest BCUT2D eigenvalue weighted by Crippen LogP contribution is 2.30. The Bertz CT molecular complexity index is 1260. The summed E-state index contributed by atoms with van der Waals surface area (Å²) in [6.07, 6.45) is 6.89. The van der Waals surface area contributed by atoms with Crippen LogP contribution in [0, 0.1) is 6.92 Å². The van der Waals surface area contributed by atoms with Crippen LogP contribution in [0.5, 0.6) is 5.75 Å². The Morgan fingerprint density at radius 3 is 2.67 bits per heavy atom. The van der Waals surface area contributed by atoms with Crippen molar-refractivity contribution in [1.29, 1.82) is 0 Å². The zero-order chi connectivity index (χ0) is 25.7. The quantitative estimate of drug-likeness (QED) is 0.421. The fourth-order valence-corrected chi connectivity index (χ4v) is 4.46. The van der Waals surface area contributed by atoms with Crippen LogP contribution in [0.15, 0.2) is 55.1 Å². The summed E-state index contributed by atoms with van der Waals surface area (Å²) in [5.41, 5.74) is 1.76. The Morgan fingerprint density at radius 2 is 2.06 bits per heavy atom. The maximum Gasteiger partial charge on any atom is 0.244 e. The minimum absolute atomic E-state index is 0.00937. The SMILES string of the molecule is COc1cc(N2CCN(C(=O)Cn3nc(-n4cccn4)c(Cl)c3C)C(C)C2)ccc1Cl.c1cn[nH]c1. The molecule has 36 heavy (non-hydrogen) atoms. The van der Waals surface area contributed by atoms with Gasteiger partial charge in [0.15, 0.2) is 5.82 Å². The molecule has 5 rings (SSSR count). The van der Waals surface area contributed by atoms with Gasteiger partial charge in [-0.15, -0.1) is 0 Å². The standard InChI is InChI=1S/C21H24Cl2N6O2.C3H4N2/c1-14-12-26(16-5-6-17(22)18(11-16)31-3)9-10-27(14)19(30)13-29-15(2)20(23)21(25-29)28-8-4-7-24-28;1-2-4-5-3-1/h4-8,11,14H,9-10,12-13H2,1-3H3;1-3H,(H,4,5). The van der Waals surface area contributed by atoms with Gasteiger partial charge in [0.05, 0.1) is 17.8 Å². The average molecular weight is 531 g/mol. The summed E-state index contributed by atoms with van der Waals surface area (Å²) >= 11 is 12.6. The third-order valence-corrected chi connectivity index (χ3v) is 6.73. The third kappa shape index (κ3) is 5.66. The number of piperazine rings is 1. The van der Waals surface area contributed by atoms with Crippen LogP contribution in [0.3, 0.4) is 0 Å². The molecule has 1 aliphatic heterocycles. The van der Waals surface area contributed by atoms with Gasteiger partial charge in [0.2, 0.25) is 5.91 Å². The van der Waals surface area contributed by atoms with Crippen molar-refractivity contribution in [1.82, 2.24) is 34.7 Å². The molecular formula is C24H28Cl2N8O2. The van der Waals surface area contributed by atoms with Crippen LogP contribution in [0.25, 0.3) is 5.82 Å². The van der Waals surface area contributed by atoms with E-state index < -0.39 is 0 Å². The maximum atomic E-state index is 13.1. The summed E-state index contributed by atoms with van der Waals surface area (Å²) in [4.78, 5) is 17.2. The molecule has 3 aromatic heterocycles. The van der Waals surface area contributed by atoms with Gasteiger partial charge >= 0.3 is 0 Å². The molecule has 1 fully saturated rings. The Labute approximate surface area is 219 Å². The average Bonchev–Trinajstić information content (AvgIpc) is 3.66. The molecule has 10 nitrogen and oxygen atoms in total. The second kappa shape index (κ2) is 11.5. The topological polar surface area (TPSA) is 97.1 Å². The van der Waals surface area contributed by atoms with Crippen LogP contribution < -0.4 is 9.64 Å². The van der Waals surface area contributed by atoms with E-state index in [1.165, 1.54) is 0 Å². The maximum absolute atomic E-state index is 13.1. The number of aromatic nitrogens is 6. The number of nitrogens with zero attached hydrogens (tertiary/aromatic N) is 7. The van der Waals surface area contributed by atoms with Gasteiger partial charge in [-0.25, -0.2) is 4.68 Å². The van der Waals surface area contributed by atoms with E-state index >= 15 is 0 Å². The van der Waals surface area contributed by atoms with Crippen LogP contribution in [-0.4, -0.2) is 73.4 Å². The molecule has 1 aliphatic rings. The minimum Gasteiger partial charge on any atom is -0.495 e. The lowest BCUT2D eigenvalue weighted by Crippen LogP contribution is -2.54. The van der Waals surface area contributed by atoms with E-state index in [2.05, 4.69) is 32.2 Å². The third-order valence-electron chi connectivity index (χ3n) is 5.98. The number of methoxy groups -OCH3 is 1. The fraction of sp³-hybridized carbons (Fsp3) is 0.333. The molecule has 4 aromatic rings. The summed E-state index contributed by atoms with van der Waals surface area (Å²) in [6.45, 7) is 6.09. The molecule has 0 saturated carbocycles. The first-order valence-electron chi connectivity index (χ1n) is 11.4. The number of nitrogens with one attached hydrogen (secondary N) is 1. The van der Waals surface area contributed by atoms with Gasteiger partial charge in [-0.2, -0.15) is 15.3 Å². The number of ether oxygens (including phenoxy) is 1. The van der Waals surface area contributed by atoms with Crippen molar-refractivity contribution in [2.75, 3.05) is 31.6 Å². The predicted octanol–water partition coefficient (Wildman–Crippen LogP) is 3.84. The van der Waals surface area contributed by atoms with Crippen LogP contribution in [0.4, 0.5) is 5.69 Å². The van der Waals surface area contributed by atoms with E-state index in [4.69, 9.17) is 27.9 Å². The first-order valence-corrected chi connectivity index (χ1v) is 12.2. The number of carbonyl (C=O) groups is 1. The van der Waals surface area contributed by atoms with Gasteiger partial charge in [0, 0.05) is 62.2 Å². The first kappa shape index (κ1) is 25.6. The molecule has 1 amide bonds. The number of aromatic amines is 1. The lowest BCUT2D eigenvalue weighted by atomic mass is 10.1. The molecule has 1 unspecified atom stereocenters. The highest BCUT2D eigenvalue weighted by atomic mass is 35.5. The number of rotatable bonds is 5. The van der Waals surface area contributed by atoms with Crippen molar-refractivity contribution < 1.29 is 9.53 Å². The summed E-state index contributed by atoms with van der Waals surface area (Å²) < 4.78 is 8.57. The molecule has 1 aromatic carbocycles. The molecule has 12 heteroatoms.